The maximum atomic E-state index is 12.3. The van der Waals surface area contributed by atoms with Gasteiger partial charge in [0.05, 0.1) is 5.60 Å². The Labute approximate surface area is 197 Å². The van der Waals surface area contributed by atoms with E-state index >= 15 is 0 Å². The van der Waals surface area contributed by atoms with E-state index < -0.39 is 5.60 Å². The Bertz CT molecular complexity index is 976. The number of piperidine rings is 1. The number of ether oxygens (including phenoxy) is 1. The average molecular weight is 455 g/mol. The number of anilines is 1. The van der Waals surface area contributed by atoms with Gasteiger partial charge in [-0.05, 0) is 98.5 Å². The molecule has 3 fully saturated rings. The number of nitrogens with two attached hydrogens (primary N) is 1. The number of hydrogen-bond acceptors (Lipinski definition) is 4. The van der Waals surface area contributed by atoms with Gasteiger partial charge in [0.2, 0.25) is 0 Å². The largest absolute Gasteiger partial charge is 0.457 e. The van der Waals surface area contributed by atoms with Crippen molar-refractivity contribution >= 4 is 18.1 Å². The fraction of sp³-hybridized carbons (Fsp3) is 0.556. The highest BCUT2D eigenvalue weighted by molar-refractivity contribution is 5.85. The molecule has 0 aromatic heterocycles. The topological polar surface area (TPSA) is 58.7 Å². The van der Waals surface area contributed by atoms with E-state index in [4.69, 9.17) is 10.5 Å². The van der Waals surface area contributed by atoms with Gasteiger partial charge < -0.3 is 15.6 Å². The number of likely N-dealkylation sites (tertiary alicyclic amines) is 1. The molecule has 2 aromatic carbocycles. The van der Waals surface area contributed by atoms with Crippen molar-refractivity contribution < 1.29 is 9.84 Å². The van der Waals surface area contributed by atoms with Crippen LogP contribution in [0.15, 0.2) is 42.5 Å². The fourth-order valence-corrected chi connectivity index (χ4v) is 7.05. The summed E-state index contributed by atoms with van der Waals surface area (Å²) in [5.41, 5.74) is 8.59. The first-order chi connectivity index (χ1) is 15.1. The lowest BCUT2D eigenvalue weighted by Crippen LogP contribution is -2.72. The highest BCUT2D eigenvalue weighted by atomic mass is 35.5. The minimum atomic E-state index is -0.611. The number of halogens is 1. The predicted molar refractivity (Wildman–Crippen MR) is 131 cm³/mol. The van der Waals surface area contributed by atoms with Crippen molar-refractivity contribution in [2.75, 3.05) is 18.8 Å². The maximum Gasteiger partial charge on any atom is 0.127 e. The summed E-state index contributed by atoms with van der Waals surface area (Å²) in [6.45, 7) is 2.29. The summed E-state index contributed by atoms with van der Waals surface area (Å²) in [7, 11) is 0. The number of nitrogens with zero attached hydrogens (tertiary/aromatic N) is 1. The van der Waals surface area contributed by atoms with Gasteiger partial charge in [0.1, 0.15) is 11.5 Å². The Morgan fingerprint density at radius 1 is 0.969 bits per heavy atom. The Morgan fingerprint density at radius 3 is 2.47 bits per heavy atom. The summed E-state index contributed by atoms with van der Waals surface area (Å²) in [6.07, 6.45) is 10.5. The van der Waals surface area contributed by atoms with Crippen LogP contribution in [0, 0.1) is 5.92 Å². The van der Waals surface area contributed by atoms with Crippen molar-refractivity contribution in [1.29, 1.82) is 0 Å². The van der Waals surface area contributed by atoms with Crippen molar-refractivity contribution in [2.45, 2.75) is 74.8 Å². The van der Waals surface area contributed by atoms with Crippen LogP contribution in [-0.2, 0) is 11.8 Å². The molecule has 32 heavy (non-hydrogen) atoms. The number of fused-ring (bicyclic) bond motifs is 1. The van der Waals surface area contributed by atoms with E-state index in [-0.39, 0.29) is 23.9 Å². The van der Waals surface area contributed by atoms with E-state index in [1.165, 1.54) is 43.4 Å². The molecule has 1 saturated heterocycles. The van der Waals surface area contributed by atoms with Crippen molar-refractivity contribution in [1.82, 2.24) is 4.90 Å². The Kier molecular flexibility index (Phi) is 5.68. The molecule has 0 radical (unpaired) electrons. The maximum absolute atomic E-state index is 12.3. The second-order valence-electron chi connectivity index (χ2n) is 10.5. The van der Waals surface area contributed by atoms with Gasteiger partial charge in [-0.3, -0.25) is 4.90 Å². The molecule has 6 rings (SSSR count). The molecule has 3 N–H and O–H groups in total. The standard InChI is InChI=1S/C27H34N2O2.ClH/c28-21-7-10-22(11-8-21)31-23-9-6-20-16-25-27(30)13-2-1-12-26(27,24(20)17-23)14-15-29(25)18-19-4-3-5-19;/h6-11,17,19,25,30H,1-5,12-16,18,28H2;1H/t25-,26+,27-;/m1./s1. The van der Waals surface area contributed by atoms with Crippen LogP contribution in [0.1, 0.15) is 62.5 Å². The molecule has 4 aliphatic rings. The summed E-state index contributed by atoms with van der Waals surface area (Å²) >= 11 is 0. The van der Waals surface area contributed by atoms with Gasteiger partial charge in [0, 0.05) is 23.7 Å². The van der Waals surface area contributed by atoms with Gasteiger partial charge in [0.25, 0.3) is 0 Å². The van der Waals surface area contributed by atoms with Crippen molar-refractivity contribution in [3.63, 3.8) is 0 Å². The number of benzene rings is 2. The van der Waals surface area contributed by atoms with Crippen LogP contribution >= 0.6 is 12.4 Å². The van der Waals surface area contributed by atoms with Gasteiger partial charge in [0.15, 0.2) is 0 Å². The number of aliphatic hydroxyl groups is 1. The lowest BCUT2D eigenvalue weighted by Gasteiger charge is -2.64. The summed E-state index contributed by atoms with van der Waals surface area (Å²) in [6, 6.07) is 14.4. The Balaban J connectivity index is 0.00000216. The molecule has 5 heteroatoms. The van der Waals surface area contributed by atoms with Crippen LogP contribution in [0.25, 0.3) is 0 Å². The Morgan fingerprint density at radius 2 is 1.72 bits per heavy atom. The smallest absolute Gasteiger partial charge is 0.127 e. The zero-order chi connectivity index (χ0) is 21.1. The molecule has 4 nitrogen and oxygen atoms in total. The molecule has 1 heterocycles. The number of rotatable bonds is 4. The molecule has 2 bridgehead atoms. The third-order valence-corrected chi connectivity index (χ3v) is 8.90. The van der Waals surface area contributed by atoms with Crippen molar-refractivity contribution in [3.05, 3.63) is 53.6 Å². The normalized spacial score (nSPS) is 31.6. The second-order valence-corrected chi connectivity index (χ2v) is 10.5. The van der Waals surface area contributed by atoms with Crippen LogP contribution in [0.5, 0.6) is 11.5 Å². The fourth-order valence-electron chi connectivity index (χ4n) is 7.05. The Hall–Kier alpha value is -1.75. The zero-order valence-corrected chi connectivity index (χ0v) is 19.6. The molecule has 3 aliphatic carbocycles. The highest BCUT2D eigenvalue weighted by Gasteiger charge is 2.63. The summed E-state index contributed by atoms with van der Waals surface area (Å²) in [5.74, 6) is 2.51. The first-order valence-corrected chi connectivity index (χ1v) is 12.2. The molecular weight excluding hydrogens is 420 g/mol. The first kappa shape index (κ1) is 22.1. The molecule has 0 spiro atoms. The molecule has 2 aromatic rings. The predicted octanol–water partition coefficient (Wildman–Crippen LogP) is 5.46. The highest BCUT2D eigenvalue weighted by Crippen LogP contribution is 2.58. The third kappa shape index (κ3) is 3.34. The van der Waals surface area contributed by atoms with Crippen LogP contribution in [0.4, 0.5) is 5.69 Å². The monoisotopic (exact) mass is 454 g/mol. The van der Waals surface area contributed by atoms with Gasteiger partial charge >= 0.3 is 0 Å². The van der Waals surface area contributed by atoms with Crippen LogP contribution < -0.4 is 10.5 Å². The van der Waals surface area contributed by atoms with Gasteiger partial charge in [-0.15, -0.1) is 12.4 Å². The lowest BCUT2D eigenvalue weighted by atomic mass is 9.49. The van der Waals surface area contributed by atoms with E-state index in [1.807, 2.05) is 24.3 Å². The molecule has 3 atom stereocenters. The van der Waals surface area contributed by atoms with Crippen LogP contribution in [-0.4, -0.2) is 34.7 Å². The number of hydrogen-bond donors (Lipinski definition) is 2. The molecular formula is C27H35ClN2O2. The van der Waals surface area contributed by atoms with E-state index in [0.717, 1.165) is 61.8 Å². The summed E-state index contributed by atoms with van der Waals surface area (Å²) < 4.78 is 6.19. The molecule has 0 unspecified atom stereocenters. The van der Waals surface area contributed by atoms with Gasteiger partial charge in [-0.1, -0.05) is 25.3 Å². The summed E-state index contributed by atoms with van der Waals surface area (Å²) in [4.78, 5) is 2.66. The lowest BCUT2D eigenvalue weighted by molar-refractivity contribution is -0.169. The summed E-state index contributed by atoms with van der Waals surface area (Å²) in [5, 5.41) is 12.3. The van der Waals surface area contributed by atoms with E-state index in [9.17, 15) is 5.11 Å². The van der Waals surface area contributed by atoms with Crippen LogP contribution in [0.3, 0.4) is 0 Å². The minimum absolute atomic E-state index is 0. The van der Waals surface area contributed by atoms with Gasteiger partial charge in [-0.2, -0.15) is 0 Å². The second kappa shape index (κ2) is 8.23. The molecule has 172 valence electrons. The van der Waals surface area contributed by atoms with Crippen molar-refractivity contribution in [2.24, 2.45) is 5.92 Å². The molecule has 1 aliphatic heterocycles. The zero-order valence-electron chi connectivity index (χ0n) is 18.8. The molecule has 2 saturated carbocycles. The minimum Gasteiger partial charge on any atom is -0.457 e. The van der Waals surface area contributed by atoms with E-state index in [2.05, 4.69) is 23.1 Å². The van der Waals surface area contributed by atoms with Crippen LogP contribution in [0.2, 0.25) is 0 Å². The first-order valence-electron chi connectivity index (χ1n) is 12.2. The van der Waals surface area contributed by atoms with Gasteiger partial charge in [-0.25, -0.2) is 0 Å². The third-order valence-electron chi connectivity index (χ3n) is 8.90. The van der Waals surface area contributed by atoms with Crippen molar-refractivity contribution in [3.8, 4) is 11.5 Å². The average Bonchev–Trinajstić information content (AvgIpc) is 2.74. The van der Waals surface area contributed by atoms with E-state index in [0.29, 0.717) is 0 Å². The molecule has 0 amide bonds. The SMILES string of the molecule is Cl.Nc1ccc(Oc2ccc3c(c2)[C@@]24CCCC[C@@]2(O)[C@@H](C3)N(CC2CCC2)CC4)cc1. The number of nitrogen functional groups attached to an aromatic ring is 1. The quantitative estimate of drug-likeness (QED) is 0.602. The van der Waals surface area contributed by atoms with E-state index in [1.54, 1.807) is 0 Å².